The molecular formula is C66H97N11O11. The topological polar surface area (TPSA) is 264 Å². The number of likely N-dealkylation sites (N-methyl/N-ethyl adjacent to an activating group) is 4. The number of benzene rings is 2. The lowest BCUT2D eigenvalue weighted by atomic mass is 9.94. The lowest BCUT2D eigenvalue weighted by Crippen LogP contribution is -2.62. The second-order valence-corrected chi connectivity index (χ2v) is 25.8. The molecule has 8 amide bonds. The predicted molar refractivity (Wildman–Crippen MR) is 335 cm³/mol. The molecule has 0 saturated carbocycles. The van der Waals surface area contributed by atoms with Gasteiger partial charge in [-0.2, -0.15) is 0 Å². The molecule has 4 N–H and O–H groups in total. The molecule has 0 radical (unpaired) electrons. The average molecular weight is 1220 g/mol. The van der Waals surface area contributed by atoms with Gasteiger partial charge in [-0.15, -0.1) is 0 Å². The molecular weight excluding hydrogens is 1120 g/mol. The van der Waals surface area contributed by atoms with Gasteiger partial charge in [0.05, 0.1) is 23.7 Å². The number of hydrogen-bond acceptors (Lipinski definition) is 14. The molecule has 1 aromatic heterocycles. The van der Waals surface area contributed by atoms with E-state index in [9.17, 15) is 38.7 Å². The molecule has 6 rings (SSSR count). The fourth-order valence-electron chi connectivity index (χ4n) is 11.8. The first-order valence-electron chi connectivity index (χ1n) is 31.4. The van der Waals surface area contributed by atoms with Gasteiger partial charge < -0.3 is 55.2 Å². The molecule has 8 unspecified atom stereocenters. The van der Waals surface area contributed by atoms with E-state index in [1.807, 2.05) is 51.1 Å². The van der Waals surface area contributed by atoms with Crippen molar-refractivity contribution in [3.05, 3.63) is 78.1 Å². The number of aliphatic hydroxyl groups is 1. The zero-order chi connectivity index (χ0) is 65.1. The number of piperidine rings is 1. The highest BCUT2D eigenvalue weighted by Gasteiger charge is 2.47. The van der Waals surface area contributed by atoms with Crippen LogP contribution in [0.1, 0.15) is 132 Å². The SMILES string of the molecule is CCC(C)C1NC(=O)C2CCCN2C(=O)C(Cc2cccc(-c3cnc(N4CCC(C)CC4)cn3)c2)N(C)C(=O)C(Cc2ccccc2)NC(=O)[C@H](C)N(C)C(=O)[C@@H](C(C)CC)OC(=O)C(C(C)(C)O)N(C)C(=O)C(CC(C)C)NC(=O)[C@H](C)N(C)C1=O. The van der Waals surface area contributed by atoms with E-state index in [0.29, 0.717) is 47.6 Å². The number of ether oxygens (including phenoxy) is 1. The molecule has 3 saturated heterocycles. The predicted octanol–water partition coefficient (Wildman–Crippen LogP) is 4.79. The standard InChI is InChI=1S/C66H97N11O11/c1-16-41(6)54-63(84)72(12)43(8)57(78)69-48(33-39(3)4)61(82)75(15)56(66(10,11)87)65(86)88-55(42(7)17-2)64(85)73(13)44(9)58(79)70-49(35-45-23-19-18-20-24-45)60(81)74(14)52(62(83)77-30-22-27-51(77)59(80)71-54)36-46-25-21-26-47(34-46)50-37-68-53(38-67-50)76-31-28-40(5)29-32-76/h18-21,23-26,34,37-44,48-49,51-52,54-56,87H,16-17,22,27-33,35-36H2,1-15H3,(H,69,78)(H,70,79)(H,71,80)/t41?,42?,43-,44-,48?,49?,51?,52?,54?,55+,56?/m0/s1. The molecule has 88 heavy (non-hydrogen) atoms. The number of aromatic nitrogens is 2. The van der Waals surface area contributed by atoms with Crippen LogP contribution in [-0.4, -0.2) is 201 Å². The monoisotopic (exact) mass is 1220 g/mol. The van der Waals surface area contributed by atoms with Crippen LogP contribution in [0.15, 0.2) is 67.0 Å². The fourth-order valence-corrected chi connectivity index (χ4v) is 11.8. The Kier molecular flexibility index (Phi) is 24.2. The van der Waals surface area contributed by atoms with E-state index in [1.54, 1.807) is 57.4 Å². The quantitative estimate of drug-likeness (QED) is 0.168. The van der Waals surface area contributed by atoms with Crippen LogP contribution in [0.25, 0.3) is 11.3 Å². The van der Waals surface area contributed by atoms with E-state index in [4.69, 9.17) is 14.7 Å². The fraction of sp³-hybridized carbons (Fsp3) is 0.621. The third-order valence-electron chi connectivity index (χ3n) is 18.2. The molecule has 0 spiro atoms. The number of nitrogens with zero attached hydrogens (tertiary/aromatic N) is 8. The Morgan fingerprint density at radius 3 is 1.80 bits per heavy atom. The number of carbonyl (C=O) groups excluding carboxylic acids is 9. The van der Waals surface area contributed by atoms with Crippen molar-refractivity contribution in [2.75, 3.05) is 52.7 Å². The third kappa shape index (κ3) is 17.0. The summed E-state index contributed by atoms with van der Waals surface area (Å²) in [6.07, 6.45) is 5.49. The van der Waals surface area contributed by atoms with Gasteiger partial charge in [0.2, 0.25) is 41.4 Å². The number of hydrogen-bond donors (Lipinski definition) is 4. The van der Waals surface area contributed by atoms with E-state index in [2.05, 4.69) is 27.8 Å². The van der Waals surface area contributed by atoms with Crippen LogP contribution in [-0.2, 0) is 60.7 Å². The van der Waals surface area contributed by atoms with E-state index < -0.39 is 125 Å². The maximum Gasteiger partial charge on any atom is 0.332 e. The van der Waals surface area contributed by atoms with E-state index >= 15 is 9.59 Å². The van der Waals surface area contributed by atoms with Crippen molar-refractivity contribution >= 4 is 59.0 Å². The van der Waals surface area contributed by atoms with E-state index in [0.717, 1.165) is 41.5 Å². The van der Waals surface area contributed by atoms with Crippen molar-refractivity contribution in [2.45, 2.75) is 194 Å². The summed E-state index contributed by atoms with van der Waals surface area (Å²) < 4.78 is 6.04. The van der Waals surface area contributed by atoms with Crippen molar-refractivity contribution < 1.29 is 53.0 Å². The number of esters is 1. The van der Waals surface area contributed by atoms with Crippen molar-refractivity contribution in [2.24, 2.45) is 23.7 Å². The normalized spacial score (nSPS) is 26.1. The van der Waals surface area contributed by atoms with Gasteiger partial charge in [0, 0.05) is 72.1 Å². The maximum atomic E-state index is 15.7. The summed E-state index contributed by atoms with van der Waals surface area (Å²) in [4.78, 5) is 152. The molecule has 11 atom stereocenters. The van der Waals surface area contributed by atoms with Crippen LogP contribution >= 0.6 is 0 Å². The molecule has 0 aliphatic carbocycles. The summed E-state index contributed by atoms with van der Waals surface area (Å²) in [5, 5.41) is 20.3. The van der Waals surface area contributed by atoms with Crippen LogP contribution < -0.4 is 20.9 Å². The van der Waals surface area contributed by atoms with E-state index in [1.165, 1.54) is 70.6 Å². The Morgan fingerprint density at radius 2 is 1.22 bits per heavy atom. The smallest absolute Gasteiger partial charge is 0.332 e. The molecule has 3 aromatic rings. The largest absolute Gasteiger partial charge is 0.450 e. The van der Waals surface area contributed by atoms with Crippen LogP contribution in [0.3, 0.4) is 0 Å². The van der Waals surface area contributed by atoms with Gasteiger partial charge in [-0.25, -0.2) is 9.78 Å². The zero-order valence-electron chi connectivity index (χ0n) is 54.4. The summed E-state index contributed by atoms with van der Waals surface area (Å²) in [6.45, 7) is 20.5. The molecule has 0 bridgehead atoms. The van der Waals surface area contributed by atoms with Crippen LogP contribution in [0, 0.1) is 23.7 Å². The Balaban J connectivity index is 1.46. The molecule has 482 valence electrons. The summed E-state index contributed by atoms with van der Waals surface area (Å²) in [5.74, 6) is -6.44. The molecule has 3 fully saturated rings. The lowest BCUT2D eigenvalue weighted by molar-refractivity contribution is -0.177. The summed E-state index contributed by atoms with van der Waals surface area (Å²) in [6, 6.07) is 6.10. The summed E-state index contributed by atoms with van der Waals surface area (Å²) in [7, 11) is 5.56. The minimum absolute atomic E-state index is 0.0364. The highest BCUT2D eigenvalue weighted by Crippen LogP contribution is 2.29. The summed E-state index contributed by atoms with van der Waals surface area (Å²) >= 11 is 0. The second-order valence-electron chi connectivity index (χ2n) is 25.8. The molecule has 2 aromatic carbocycles. The minimum atomic E-state index is -1.97. The molecule has 4 heterocycles. The van der Waals surface area contributed by atoms with Crippen LogP contribution in [0.2, 0.25) is 0 Å². The number of fused-ring (bicyclic) bond motifs is 1. The molecule has 22 heteroatoms. The average Bonchev–Trinajstić information content (AvgIpc) is 1.80. The Labute approximate surface area is 520 Å². The highest BCUT2D eigenvalue weighted by molar-refractivity contribution is 5.99. The zero-order valence-corrected chi connectivity index (χ0v) is 54.4. The first kappa shape index (κ1) is 69.6. The molecule has 3 aliphatic rings. The first-order valence-corrected chi connectivity index (χ1v) is 31.4. The Hall–Kier alpha value is -7.49. The Bertz CT molecular complexity index is 2930. The van der Waals surface area contributed by atoms with Gasteiger partial charge >= 0.3 is 5.97 Å². The minimum Gasteiger partial charge on any atom is -0.450 e. The number of cyclic esters (lactones) is 1. The van der Waals surface area contributed by atoms with Crippen LogP contribution in [0.4, 0.5) is 5.82 Å². The lowest BCUT2D eigenvalue weighted by Gasteiger charge is -2.39. The molecule has 3 aliphatic heterocycles. The third-order valence-corrected chi connectivity index (χ3v) is 18.2. The van der Waals surface area contributed by atoms with Gasteiger partial charge in [0.1, 0.15) is 48.1 Å². The number of nitrogens with one attached hydrogen (secondary N) is 3. The number of amides is 8. The van der Waals surface area contributed by atoms with E-state index in [-0.39, 0.29) is 38.1 Å². The van der Waals surface area contributed by atoms with Crippen molar-refractivity contribution in [1.29, 1.82) is 0 Å². The van der Waals surface area contributed by atoms with Gasteiger partial charge in [0.25, 0.3) is 5.91 Å². The second kappa shape index (κ2) is 30.6. The first-order chi connectivity index (χ1) is 41.5. The molecule has 22 nitrogen and oxygen atoms in total. The van der Waals surface area contributed by atoms with Gasteiger partial charge in [0.15, 0.2) is 12.1 Å². The van der Waals surface area contributed by atoms with Crippen molar-refractivity contribution in [3.8, 4) is 11.3 Å². The van der Waals surface area contributed by atoms with Crippen LogP contribution in [0.5, 0.6) is 0 Å². The van der Waals surface area contributed by atoms with Crippen molar-refractivity contribution in [1.82, 2.24) is 50.4 Å². The number of carbonyl (C=O) groups is 9. The number of rotatable bonds is 13. The van der Waals surface area contributed by atoms with Crippen molar-refractivity contribution in [3.63, 3.8) is 0 Å². The number of anilines is 1. The summed E-state index contributed by atoms with van der Waals surface area (Å²) in [5.41, 5.74) is 0.660. The Morgan fingerprint density at radius 1 is 0.625 bits per heavy atom. The maximum absolute atomic E-state index is 15.7. The van der Waals surface area contributed by atoms with Gasteiger partial charge in [-0.3, -0.25) is 43.3 Å². The van der Waals surface area contributed by atoms with Gasteiger partial charge in [-0.05, 0) is 101 Å². The highest BCUT2D eigenvalue weighted by atomic mass is 16.6. The van der Waals surface area contributed by atoms with Gasteiger partial charge in [-0.1, -0.05) is 103 Å².